The Bertz CT molecular complexity index is 913. The molecule has 0 unspecified atom stereocenters. The highest BCUT2D eigenvalue weighted by Gasteiger charge is 2.16. The fourth-order valence-corrected chi connectivity index (χ4v) is 3.06. The average molecular weight is 478 g/mol. The smallest absolute Gasteiger partial charge is 0.339 e. The van der Waals surface area contributed by atoms with E-state index in [2.05, 4.69) is 0 Å². The Morgan fingerprint density at radius 2 is 1.76 bits per heavy atom. The second-order valence-corrected chi connectivity index (χ2v) is 7.36. The van der Waals surface area contributed by atoms with E-state index in [-0.39, 0.29) is 39.1 Å². The highest BCUT2D eigenvalue weighted by Crippen LogP contribution is 2.37. The molecule has 0 aliphatic heterocycles. The minimum absolute atomic E-state index is 0.0116. The molecule has 2 rings (SSSR count). The molecule has 0 saturated heterocycles. The minimum Gasteiger partial charge on any atom is -0.503 e. The molecule has 1 N–H and O–H groups in total. The summed E-state index contributed by atoms with van der Waals surface area (Å²) in [5, 5.41) is 9.90. The van der Waals surface area contributed by atoms with E-state index >= 15 is 0 Å². The summed E-state index contributed by atoms with van der Waals surface area (Å²) in [5.74, 6) is -0.457. The first-order valence-electron chi connectivity index (χ1n) is 8.13. The topological polar surface area (TPSA) is 65.0 Å². The number of aliphatic carboxylic acids is 1. The normalized spacial score (nSPS) is 11.0. The van der Waals surface area contributed by atoms with E-state index in [1.54, 1.807) is 36.4 Å². The van der Waals surface area contributed by atoms with Gasteiger partial charge in [-0.3, -0.25) is 0 Å². The van der Waals surface area contributed by atoms with Gasteiger partial charge in [0.25, 0.3) is 0 Å². The highest BCUT2D eigenvalue weighted by atomic mass is 35.5. The lowest BCUT2D eigenvalue weighted by Gasteiger charge is -2.14. The Balaban J connectivity index is 2.20. The van der Waals surface area contributed by atoms with Gasteiger partial charge in [0.2, 0.25) is 0 Å². The summed E-state index contributed by atoms with van der Waals surface area (Å²) in [7, 11) is 1.38. The highest BCUT2D eigenvalue weighted by molar-refractivity contribution is 6.55. The molecule has 0 saturated carbocycles. The molecular formula is C20H16Cl4O5. The van der Waals surface area contributed by atoms with Crippen molar-refractivity contribution in [2.24, 2.45) is 0 Å². The van der Waals surface area contributed by atoms with E-state index in [0.717, 1.165) is 0 Å². The Kier molecular flexibility index (Phi) is 8.99. The van der Waals surface area contributed by atoms with Gasteiger partial charge in [0.05, 0.1) is 23.4 Å². The second-order valence-electron chi connectivity index (χ2n) is 5.54. The van der Waals surface area contributed by atoms with Crippen molar-refractivity contribution in [1.82, 2.24) is 0 Å². The molecule has 0 spiro atoms. The van der Waals surface area contributed by atoms with Crippen LogP contribution < -0.4 is 9.47 Å². The summed E-state index contributed by atoms with van der Waals surface area (Å²) in [6.45, 7) is 0.182. The molecule has 0 heterocycles. The van der Waals surface area contributed by atoms with Crippen molar-refractivity contribution >= 4 is 57.9 Å². The number of halogens is 4. The van der Waals surface area contributed by atoms with Gasteiger partial charge in [-0.05, 0) is 17.2 Å². The molecule has 0 aliphatic rings. The minimum atomic E-state index is -1.11. The van der Waals surface area contributed by atoms with Crippen LogP contribution in [-0.2, 0) is 16.1 Å². The van der Waals surface area contributed by atoms with Gasteiger partial charge < -0.3 is 19.3 Å². The lowest BCUT2D eigenvalue weighted by molar-refractivity contribution is -0.130. The average Bonchev–Trinajstić information content (AvgIpc) is 2.66. The first-order valence-corrected chi connectivity index (χ1v) is 9.65. The number of hydrogen-bond donors (Lipinski definition) is 1. The molecule has 0 bridgehead atoms. The third-order valence-corrected chi connectivity index (χ3v) is 4.48. The standard InChI is InChI=1S/C20H16Cl4O5/c1-27-11-15(20(25)26)14-5-3-2-4-12(14)10-29-13-8-16(21)19(17(22)9-13)28-7-6-18(23)24/h2-6,8-9,11H,7,10H2,1H3,(H,25,26). The van der Waals surface area contributed by atoms with E-state index in [1.165, 1.54) is 19.4 Å². The molecule has 0 aromatic heterocycles. The van der Waals surface area contributed by atoms with Crippen LogP contribution in [0.4, 0.5) is 0 Å². The van der Waals surface area contributed by atoms with Crippen LogP contribution >= 0.6 is 46.4 Å². The summed E-state index contributed by atoms with van der Waals surface area (Å²) in [6.07, 6.45) is 2.62. The summed E-state index contributed by atoms with van der Waals surface area (Å²) in [4.78, 5) is 11.5. The monoisotopic (exact) mass is 476 g/mol. The Morgan fingerprint density at radius 3 is 2.34 bits per heavy atom. The number of ether oxygens (including phenoxy) is 3. The molecule has 9 heteroatoms. The van der Waals surface area contributed by atoms with Crippen molar-refractivity contribution in [3.63, 3.8) is 0 Å². The first-order chi connectivity index (χ1) is 13.8. The van der Waals surface area contributed by atoms with Crippen LogP contribution in [0.1, 0.15) is 11.1 Å². The van der Waals surface area contributed by atoms with E-state index < -0.39 is 5.97 Å². The van der Waals surface area contributed by atoms with E-state index in [0.29, 0.717) is 16.9 Å². The zero-order valence-electron chi connectivity index (χ0n) is 15.1. The van der Waals surface area contributed by atoms with Crippen LogP contribution in [0.25, 0.3) is 5.57 Å². The molecule has 0 radical (unpaired) electrons. The molecule has 154 valence electrons. The van der Waals surface area contributed by atoms with Gasteiger partial charge in [-0.2, -0.15) is 0 Å². The largest absolute Gasteiger partial charge is 0.503 e. The van der Waals surface area contributed by atoms with Crippen LogP contribution in [0.5, 0.6) is 11.5 Å². The van der Waals surface area contributed by atoms with E-state index in [4.69, 9.17) is 60.6 Å². The lowest BCUT2D eigenvalue weighted by atomic mass is 10.0. The van der Waals surface area contributed by atoms with Gasteiger partial charge in [-0.15, -0.1) is 0 Å². The van der Waals surface area contributed by atoms with Crippen molar-refractivity contribution in [1.29, 1.82) is 0 Å². The number of rotatable bonds is 9. The van der Waals surface area contributed by atoms with E-state index in [1.807, 2.05) is 0 Å². The van der Waals surface area contributed by atoms with Crippen molar-refractivity contribution < 1.29 is 24.1 Å². The molecule has 0 fully saturated rings. The molecule has 2 aromatic carbocycles. The maximum Gasteiger partial charge on any atom is 0.339 e. The number of hydrogen-bond acceptors (Lipinski definition) is 4. The molecule has 0 atom stereocenters. The predicted octanol–water partition coefficient (Wildman–Crippen LogP) is 6.34. The lowest BCUT2D eigenvalue weighted by Crippen LogP contribution is -2.06. The third kappa shape index (κ3) is 6.75. The molecule has 5 nitrogen and oxygen atoms in total. The summed E-state index contributed by atoms with van der Waals surface area (Å²) >= 11 is 23.5. The maximum absolute atomic E-state index is 11.5. The van der Waals surface area contributed by atoms with Crippen molar-refractivity contribution in [2.45, 2.75) is 6.61 Å². The number of carboxylic acids is 1. The number of carboxylic acid groups (broad SMARTS) is 1. The summed E-state index contributed by atoms with van der Waals surface area (Å²) < 4.78 is 16.2. The van der Waals surface area contributed by atoms with Crippen LogP contribution in [0.2, 0.25) is 10.0 Å². The molecule has 0 amide bonds. The molecule has 0 aliphatic carbocycles. The van der Waals surface area contributed by atoms with Crippen molar-refractivity contribution in [3.8, 4) is 11.5 Å². The summed E-state index contributed by atoms with van der Waals surface area (Å²) in [5.41, 5.74) is 1.13. The number of benzene rings is 2. The maximum atomic E-state index is 11.5. The quantitative estimate of drug-likeness (QED) is 0.337. The molecular weight excluding hydrogens is 462 g/mol. The van der Waals surface area contributed by atoms with Gasteiger partial charge in [0.15, 0.2) is 5.75 Å². The second kappa shape index (κ2) is 11.2. The van der Waals surface area contributed by atoms with Crippen LogP contribution in [0, 0.1) is 0 Å². The van der Waals surface area contributed by atoms with Crippen LogP contribution in [0.3, 0.4) is 0 Å². The SMILES string of the molecule is COC=C(C(=O)O)c1ccccc1COc1cc(Cl)c(OCC=C(Cl)Cl)c(Cl)c1. The number of methoxy groups -OCH3 is 1. The summed E-state index contributed by atoms with van der Waals surface area (Å²) in [6, 6.07) is 10.0. The fourth-order valence-electron chi connectivity index (χ4n) is 2.36. The van der Waals surface area contributed by atoms with E-state index in [9.17, 15) is 9.90 Å². The van der Waals surface area contributed by atoms with Gasteiger partial charge in [0.1, 0.15) is 29.0 Å². The van der Waals surface area contributed by atoms with Gasteiger partial charge in [-0.25, -0.2) is 4.79 Å². The third-order valence-electron chi connectivity index (χ3n) is 3.61. The Hall–Kier alpha value is -2.05. The van der Waals surface area contributed by atoms with Crippen molar-refractivity contribution in [3.05, 3.63) is 74.4 Å². The zero-order valence-corrected chi connectivity index (χ0v) is 18.1. The Labute approximate surface area is 188 Å². The first kappa shape index (κ1) is 23.2. The fraction of sp³-hybridized carbons (Fsp3) is 0.150. The Morgan fingerprint density at radius 1 is 1.10 bits per heavy atom. The van der Waals surface area contributed by atoms with Crippen LogP contribution in [-0.4, -0.2) is 24.8 Å². The van der Waals surface area contributed by atoms with Gasteiger partial charge >= 0.3 is 5.97 Å². The van der Waals surface area contributed by atoms with Gasteiger partial charge in [-0.1, -0.05) is 70.7 Å². The van der Waals surface area contributed by atoms with Gasteiger partial charge in [0, 0.05) is 12.1 Å². The molecule has 29 heavy (non-hydrogen) atoms. The van der Waals surface area contributed by atoms with Crippen LogP contribution in [0.15, 0.2) is 53.2 Å². The van der Waals surface area contributed by atoms with Crippen molar-refractivity contribution in [2.75, 3.05) is 13.7 Å². The molecule has 2 aromatic rings. The number of carbonyl (C=O) groups is 1. The zero-order chi connectivity index (χ0) is 21.4. The predicted molar refractivity (Wildman–Crippen MR) is 115 cm³/mol.